The fourth-order valence-electron chi connectivity index (χ4n) is 7.95. The number of benzene rings is 5. The van der Waals surface area contributed by atoms with Gasteiger partial charge in [-0.2, -0.15) is 0 Å². The smallest absolute Gasteiger partial charge is 0.174 e. The lowest BCUT2D eigenvalue weighted by atomic mass is 9.68. The Morgan fingerprint density at radius 2 is 1.25 bits per heavy atom. The van der Waals surface area contributed by atoms with Gasteiger partial charge >= 0.3 is 0 Å². The first-order valence-corrected chi connectivity index (χ1v) is 17.2. The zero-order valence-electron chi connectivity index (χ0n) is 27.9. The van der Waals surface area contributed by atoms with Gasteiger partial charge in [0.05, 0.1) is 25.7 Å². The summed E-state index contributed by atoms with van der Waals surface area (Å²) in [7, 11) is 1.53. The number of rotatable bonds is 7. The SMILES string of the molecule is COc1cc2c(c3c1C(=O)C[C@@H](c1ccc(O)cc1)O3)[C@@H]1C[C@@H](CCc3ccc(O)cc3)O[C@H](c3ccc(O)cc3)[C@@H]1[C@H](c1ccc(O)cc1)O2. The van der Waals surface area contributed by atoms with Gasteiger partial charge in [-0.1, -0.05) is 48.5 Å². The van der Waals surface area contributed by atoms with Gasteiger partial charge in [0.15, 0.2) is 5.78 Å². The van der Waals surface area contributed by atoms with Crippen LogP contribution in [0.25, 0.3) is 0 Å². The van der Waals surface area contributed by atoms with E-state index in [1.807, 2.05) is 36.4 Å². The van der Waals surface area contributed by atoms with Crippen LogP contribution in [0.3, 0.4) is 0 Å². The Labute approximate surface area is 295 Å². The van der Waals surface area contributed by atoms with Crippen molar-refractivity contribution in [3.8, 4) is 40.2 Å². The molecule has 0 amide bonds. The van der Waals surface area contributed by atoms with Crippen molar-refractivity contribution >= 4 is 5.78 Å². The highest BCUT2D eigenvalue weighted by molar-refractivity contribution is 6.03. The van der Waals surface area contributed by atoms with Crippen LogP contribution >= 0.6 is 0 Å². The molecule has 9 nitrogen and oxygen atoms in total. The zero-order valence-corrected chi connectivity index (χ0v) is 27.9. The fraction of sp³-hybridized carbons (Fsp3) is 0.262. The first-order chi connectivity index (χ1) is 24.7. The van der Waals surface area contributed by atoms with E-state index in [1.54, 1.807) is 66.7 Å². The van der Waals surface area contributed by atoms with E-state index in [-0.39, 0.29) is 53.1 Å². The van der Waals surface area contributed by atoms with Gasteiger partial charge in [-0.05, 0) is 90.0 Å². The molecule has 5 aromatic carbocycles. The van der Waals surface area contributed by atoms with E-state index in [1.165, 1.54) is 7.11 Å². The molecular formula is C42H38O9. The molecule has 3 aliphatic rings. The second kappa shape index (κ2) is 13.2. The number of aryl methyl sites for hydroxylation is 1. The summed E-state index contributed by atoms with van der Waals surface area (Å²) in [5.41, 5.74) is 4.71. The Morgan fingerprint density at radius 3 is 1.84 bits per heavy atom. The monoisotopic (exact) mass is 686 g/mol. The molecule has 0 bridgehead atoms. The van der Waals surface area contributed by atoms with Crippen molar-refractivity contribution in [1.82, 2.24) is 0 Å². The van der Waals surface area contributed by atoms with Crippen LogP contribution in [-0.4, -0.2) is 39.4 Å². The van der Waals surface area contributed by atoms with E-state index in [4.69, 9.17) is 18.9 Å². The van der Waals surface area contributed by atoms with Crippen molar-refractivity contribution in [1.29, 1.82) is 0 Å². The number of aromatic hydroxyl groups is 4. The van der Waals surface area contributed by atoms with Crippen molar-refractivity contribution in [2.24, 2.45) is 5.92 Å². The highest BCUT2D eigenvalue weighted by Gasteiger charge is 2.52. The average Bonchev–Trinajstić information content (AvgIpc) is 3.14. The van der Waals surface area contributed by atoms with Gasteiger partial charge in [0.25, 0.3) is 0 Å². The molecule has 0 saturated carbocycles. The summed E-state index contributed by atoms with van der Waals surface area (Å²) in [5, 5.41) is 40.2. The highest BCUT2D eigenvalue weighted by Crippen LogP contribution is 2.61. The van der Waals surface area contributed by atoms with Crippen molar-refractivity contribution in [3.05, 3.63) is 137 Å². The largest absolute Gasteiger partial charge is 0.508 e. The summed E-state index contributed by atoms with van der Waals surface area (Å²) in [6.07, 6.45) is 0.309. The van der Waals surface area contributed by atoms with E-state index < -0.39 is 18.3 Å². The molecule has 0 spiro atoms. The van der Waals surface area contributed by atoms with Crippen LogP contribution < -0.4 is 14.2 Å². The van der Waals surface area contributed by atoms with Gasteiger partial charge in [-0.25, -0.2) is 0 Å². The van der Waals surface area contributed by atoms with Crippen molar-refractivity contribution in [2.45, 2.75) is 56.0 Å². The second-order valence-electron chi connectivity index (χ2n) is 13.5. The van der Waals surface area contributed by atoms with Crippen molar-refractivity contribution < 1.29 is 44.2 Å². The standard InChI is InChI=1S/C42H38O9/c1-48-35-22-36-37(42-39(35)33(47)21-34(50-42)24-5-13-28(44)14-6-24)32-20-31(19-4-23-2-11-27(43)12-3-23)49-40(25-7-15-29(45)16-8-25)38(32)41(51-36)26-9-17-30(46)18-10-26/h2-3,5-18,22,31-32,34,38,40-41,43-46H,4,19-21H2,1H3/t31-,32+,34+,38-,40-,41+/m1/s1. The molecule has 0 unspecified atom stereocenters. The fourth-order valence-corrected chi connectivity index (χ4v) is 7.95. The number of phenols is 4. The highest BCUT2D eigenvalue weighted by atomic mass is 16.5. The van der Waals surface area contributed by atoms with Gasteiger partial charge in [0.2, 0.25) is 0 Å². The molecule has 0 radical (unpaired) electrons. The number of ketones is 1. The van der Waals surface area contributed by atoms with E-state index >= 15 is 0 Å². The summed E-state index contributed by atoms with van der Waals surface area (Å²) in [6, 6.07) is 29.7. The predicted molar refractivity (Wildman–Crippen MR) is 188 cm³/mol. The molecule has 1 saturated heterocycles. The maximum absolute atomic E-state index is 14.0. The molecule has 0 aromatic heterocycles. The molecule has 51 heavy (non-hydrogen) atoms. The number of methoxy groups -OCH3 is 1. The first kappa shape index (κ1) is 32.5. The first-order valence-electron chi connectivity index (χ1n) is 17.2. The van der Waals surface area contributed by atoms with E-state index in [9.17, 15) is 25.2 Å². The van der Waals surface area contributed by atoms with Gasteiger partial charge in [0, 0.05) is 23.5 Å². The number of hydrogen-bond acceptors (Lipinski definition) is 9. The van der Waals surface area contributed by atoms with Crippen LogP contribution in [0.15, 0.2) is 103 Å². The summed E-state index contributed by atoms with van der Waals surface area (Å²) in [6.45, 7) is 0. The van der Waals surface area contributed by atoms with Crippen LogP contribution in [0.2, 0.25) is 0 Å². The number of carbonyl (C=O) groups is 1. The number of carbonyl (C=O) groups excluding carboxylic acids is 1. The molecule has 1 fully saturated rings. The van der Waals surface area contributed by atoms with Gasteiger partial charge in [-0.15, -0.1) is 0 Å². The topological polar surface area (TPSA) is 135 Å². The predicted octanol–water partition coefficient (Wildman–Crippen LogP) is 8.22. The summed E-state index contributed by atoms with van der Waals surface area (Å²) in [4.78, 5) is 14.0. The zero-order chi connectivity index (χ0) is 35.2. The van der Waals surface area contributed by atoms with Crippen LogP contribution in [0.1, 0.15) is 81.7 Å². The summed E-state index contributed by atoms with van der Waals surface area (Å²) in [5.74, 6) is 1.33. The molecule has 5 aromatic rings. The summed E-state index contributed by atoms with van der Waals surface area (Å²) >= 11 is 0. The third-order valence-corrected chi connectivity index (χ3v) is 10.4. The molecule has 260 valence electrons. The second-order valence-corrected chi connectivity index (χ2v) is 13.5. The molecule has 4 N–H and O–H groups in total. The molecule has 8 rings (SSSR count). The lowest BCUT2D eigenvalue weighted by Gasteiger charge is -2.50. The minimum atomic E-state index is -0.590. The minimum absolute atomic E-state index is 0.104. The molecule has 9 heteroatoms. The van der Waals surface area contributed by atoms with Crippen molar-refractivity contribution in [2.75, 3.05) is 7.11 Å². The lowest BCUT2D eigenvalue weighted by molar-refractivity contribution is -0.134. The maximum Gasteiger partial charge on any atom is 0.174 e. The number of hydrogen-bond donors (Lipinski definition) is 4. The van der Waals surface area contributed by atoms with Crippen LogP contribution in [0, 0.1) is 5.92 Å². The van der Waals surface area contributed by atoms with Gasteiger partial charge in [0.1, 0.15) is 58.0 Å². The average molecular weight is 687 g/mol. The number of fused-ring (bicyclic) bond motifs is 5. The molecule has 0 aliphatic carbocycles. The van der Waals surface area contributed by atoms with Gasteiger partial charge in [-0.3, -0.25) is 4.79 Å². The third kappa shape index (κ3) is 6.18. The maximum atomic E-state index is 14.0. The molecular weight excluding hydrogens is 648 g/mol. The number of ether oxygens (including phenoxy) is 4. The van der Waals surface area contributed by atoms with Crippen molar-refractivity contribution in [3.63, 3.8) is 0 Å². The van der Waals surface area contributed by atoms with E-state index in [0.717, 1.165) is 27.8 Å². The Kier molecular flexibility index (Phi) is 8.44. The Bertz CT molecular complexity index is 2040. The van der Waals surface area contributed by atoms with Crippen LogP contribution in [0.4, 0.5) is 0 Å². The van der Waals surface area contributed by atoms with Crippen LogP contribution in [0.5, 0.6) is 40.2 Å². The molecule has 3 heterocycles. The van der Waals surface area contributed by atoms with Gasteiger partial charge < -0.3 is 39.4 Å². The normalized spacial score (nSPS) is 23.6. The third-order valence-electron chi connectivity index (χ3n) is 10.4. The molecule has 3 aliphatic heterocycles. The Hall–Kier alpha value is -5.67. The van der Waals surface area contributed by atoms with Crippen LogP contribution in [-0.2, 0) is 11.2 Å². The minimum Gasteiger partial charge on any atom is -0.508 e. The molecule has 6 atom stereocenters. The van der Waals surface area contributed by atoms with E-state index in [2.05, 4.69) is 0 Å². The lowest BCUT2D eigenvalue weighted by Crippen LogP contribution is -2.43. The Balaban J connectivity index is 1.28. The van der Waals surface area contributed by atoms with E-state index in [0.29, 0.717) is 42.1 Å². The quantitative estimate of drug-likeness (QED) is 0.134. The summed E-state index contributed by atoms with van der Waals surface area (Å²) < 4.78 is 26.6. The number of phenolic OH excluding ortho intramolecular Hbond substituents is 4. The Morgan fingerprint density at radius 1 is 0.706 bits per heavy atom. The number of Topliss-reactive ketones (excluding diaryl/α,β-unsaturated/α-hetero) is 1.